The summed E-state index contributed by atoms with van der Waals surface area (Å²) in [6.07, 6.45) is 2.90. The van der Waals surface area contributed by atoms with E-state index >= 15 is 0 Å². The number of hydrogen-bond donors (Lipinski definition) is 4. The normalized spacial score (nSPS) is 17.2. The van der Waals surface area contributed by atoms with E-state index in [4.69, 9.17) is 11.5 Å². The molecule has 5 nitrogen and oxygen atoms in total. The monoisotopic (exact) mass is 235 g/mol. The molecule has 0 atom stereocenters. The molecule has 1 aromatic rings. The minimum absolute atomic E-state index is 0.0627. The first-order valence-corrected chi connectivity index (χ1v) is 5.65. The molecule has 0 unspecified atom stereocenters. The third kappa shape index (κ3) is 2.19. The number of nitrogens with one attached hydrogen (secondary N) is 1. The summed E-state index contributed by atoms with van der Waals surface area (Å²) in [4.78, 5) is 11.1. The zero-order chi connectivity index (χ0) is 12.5. The molecule has 1 aromatic carbocycles. The maximum Gasteiger partial charge on any atom is 0.248 e. The molecule has 0 heterocycles. The second kappa shape index (κ2) is 4.25. The summed E-state index contributed by atoms with van der Waals surface area (Å²) in [5.74, 6) is -0.486. The average molecular weight is 235 g/mol. The topological polar surface area (TPSA) is 101 Å². The van der Waals surface area contributed by atoms with Crippen LogP contribution in [0.2, 0.25) is 0 Å². The van der Waals surface area contributed by atoms with E-state index in [2.05, 4.69) is 5.32 Å². The maximum absolute atomic E-state index is 11.1. The van der Waals surface area contributed by atoms with E-state index in [1.165, 1.54) is 0 Å². The van der Waals surface area contributed by atoms with E-state index in [0.717, 1.165) is 19.3 Å². The van der Waals surface area contributed by atoms with Crippen molar-refractivity contribution in [2.75, 3.05) is 17.7 Å². The average Bonchev–Trinajstić information content (AvgIpc) is 2.25. The predicted molar refractivity (Wildman–Crippen MR) is 66.7 cm³/mol. The molecule has 92 valence electrons. The van der Waals surface area contributed by atoms with Gasteiger partial charge < -0.3 is 21.9 Å². The fraction of sp³-hybridized carbons (Fsp3) is 0.417. The molecular weight excluding hydrogens is 218 g/mol. The van der Waals surface area contributed by atoms with Gasteiger partial charge in [-0.1, -0.05) is 0 Å². The molecule has 5 heteroatoms. The Balaban J connectivity index is 2.25. The van der Waals surface area contributed by atoms with E-state index in [9.17, 15) is 9.90 Å². The Morgan fingerprint density at radius 2 is 2.18 bits per heavy atom. The first-order chi connectivity index (χ1) is 8.06. The Kier molecular flexibility index (Phi) is 2.93. The highest BCUT2D eigenvalue weighted by atomic mass is 16.3. The molecule has 1 amide bonds. The van der Waals surface area contributed by atoms with Crippen LogP contribution in [0.5, 0.6) is 0 Å². The minimum Gasteiger partial charge on any atom is -0.397 e. The van der Waals surface area contributed by atoms with Crippen LogP contribution in [0.15, 0.2) is 18.2 Å². The van der Waals surface area contributed by atoms with E-state index in [0.29, 0.717) is 16.9 Å². The van der Waals surface area contributed by atoms with E-state index in [-0.39, 0.29) is 12.1 Å². The predicted octanol–water partition coefficient (Wildman–Crippen LogP) is 0.695. The van der Waals surface area contributed by atoms with Gasteiger partial charge in [-0.15, -0.1) is 0 Å². The Hall–Kier alpha value is -1.75. The molecule has 0 saturated heterocycles. The van der Waals surface area contributed by atoms with Gasteiger partial charge in [0.25, 0.3) is 0 Å². The number of aliphatic hydroxyl groups excluding tert-OH is 1. The lowest BCUT2D eigenvalue weighted by atomic mass is 9.77. The molecule has 0 aliphatic heterocycles. The molecular formula is C12H17N3O2. The number of amides is 1. The van der Waals surface area contributed by atoms with Crippen LogP contribution < -0.4 is 16.8 Å². The molecule has 1 fully saturated rings. The Morgan fingerprint density at radius 1 is 1.47 bits per heavy atom. The van der Waals surface area contributed by atoms with Crippen LogP contribution in [0, 0.1) is 0 Å². The zero-order valence-corrected chi connectivity index (χ0v) is 9.57. The highest BCUT2D eigenvalue weighted by Crippen LogP contribution is 2.36. The highest BCUT2D eigenvalue weighted by Gasteiger charge is 2.36. The van der Waals surface area contributed by atoms with Crippen molar-refractivity contribution in [3.05, 3.63) is 23.8 Å². The van der Waals surface area contributed by atoms with Crippen LogP contribution in [0.4, 0.5) is 11.4 Å². The second-order valence-corrected chi connectivity index (χ2v) is 4.58. The van der Waals surface area contributed by atoms with Gasteiger partial charge in [-0.05, 0) is 37.5 Å². The number of hydrogen-bond acceptors (Lipinski definition) is 4. The molecule has 6 N–H and O–H groups in total. The largest absolute Gasteiger partial charge is 0.397 e. The summed E-state index contributed by atoms with van der Waals surface area (Å²) in [5.41, 5.74) is 12.4. The fourth-order valence-corrected chi connectivity index (χ4v) is 2.03. The molecule has 1 aliphatic rings. The molecule has 0 bridgehead atoms. The number of benzene rings is 1. The number of carbonyl (C=O) groups excluding carboxylic acids is 1. The number of aliphatic hydroxyl groups is 1. The third-order valence-electron chi connectivity index (χ3n) is 3.35. The quantitative estimate of drug-likeness (QED) is 0.577. The summed E-state index contributed by atoms with van der Waals surface area (Å²) in [5, 5.41) is 12.6. The summed E-state index contributed by atoms with van der Waals surface area (Å²) in [7, 11) is 0. The van der Waals surface area contributed by atoms with Crippen molar-refractivity contribution in [2.24, 2.45) is 5.73 Å². The number of anilines is 2. The van der Waals surface area contributed by atoms with Crippen LogP contribution in [-0.4, -0.2) is 23.2 Å². The number of nitrogen functional groups attached to an aromatic ring is 1. The molecule has 2 rings (SSSR count). The van der Waals surface area contributed by atoms with Crippen molar-refractivity contribution in [2.45, 2.75) is 24.8 Å². The smallest absolute Gasteiger partial charge is 0.248 e. The van der Waals surface area contributed by atoms with Gasteiger partial charge in [-0.2, -0.15) is 0 Å². The number of carbonyl (C=O) groups is 1. The first kappa shape index (κ1) is 11.7. The Morgan fingerprint density at radius 3 is 2.65 bits per heavy atom. The maximum atomic E-state index is 11.1. The van der Waals surface area contributed by atoms with Crippen LogP contribution in [0.1, 0.15) is 29.6 Å². The standard InChI is InChI=1S/C12H17N3O2/c13-9-3-2-8(11(14)17)6-10(9)15-12(7-16)4-1-5-12/h2-3,6,15-16H,1,4-5,7,13H2,(H2,14,17). The summed E-state index contributed by atoms with van der Waals surface area (Å²) < 4.78 is 0. The molecule has 1 aliphatic carbocycles. The van der Waals surface area contributed by atoms with Gasteiger partial charge >= 0.3 is 0 Å². The third-order valence-corrected chi connectivity index (χ3v) is 3.35. The lowest BCUT2D eigenvalue weighted by Gasteiger charge is -2.42. The molecule has 17 heavy (non-hydrogen) atoms. The molecule has 0 spiro atoms. The SMILES string of the molecule is NC(=O)c1ccc(N)c(NC2(CO)CCC2)c1. The van der Waals surface area contributed by atoms with Gasteiger partial charge in [-0.3, -0.25) is 4.79 Å². The highest BCUT2D eigenvalue weighted by molar-refractivity contribution is 5.95. The van der Waals surface area contributed by atoms with Crippen molar-refractivity contribution in [3.63, 3.8) is 0 Å². The van der Waals surface area contributed by atoms with E-state index < -0.39 is 5.91 Å². The van der Waals surface area contributed by atoms with Crippen molar-refractivity contribution in [1.82, 2.24) is 0 Å². The molecule has 0 aromatic heterocycles. The van der Waals surface area contributed by atoms with Gasteiger partial charge in [0.1, 0.15) is 0 Å². The van der Waals surface area contributed by atoms with Crippen LogP contribution in [0.3, 0.4) is 0 Å². The number of nitrogens with two attached hydrogens (primary N) is 2. The van der Waals surface area contributed by atoms with Crippen LogP contribution >= 0.6 is 0 Å². The van der Waals surface area contributed by atoms with Crippen LogP contribution in [-0.2, 0) is 0 Å². The van der Waals surface area contributed by atoms with Crippen LogP contribution in [0.25, 0.3) is 0 Å². The molecule has 1 saturated carbocycles. The fourth-order valence-electron chi connectivity index (χ4n) is 2.03. The van der Waals surface area contributed by atoms with Gasteiger partial charge in [0.05, 0.1) is 23.5 Å². The lowest BCUT2D eigenvalue weighted by molar-refractivity contribution is 0.100. The summed E-state index contributed by atoms with van der Waals surface area (Å²) in [6.45, 7) is 0.0627. The van der Waals surface area contributed by atoms with Gasteiger partial charge in [-0.25, -0.2) is 0 Å². The zero-order valence-electron chi connectivity index (χ0n) is 9.57. The number of rotatable bonds is 4. The van der Waals surface area contributed by atoms with Crippen molar-refractivity contribution in [1.29, 1.82) is 0 Å². The van der Waals surface area contributed by atoms with Gasteiger partial charge in [0.15, 0.2) is 0 Å². The van der Waals surface area contributed by atoms with Crippen molar-refractivity contribution in [3.8, 4) is 0 Å². The summed E-state index contributed by atoms with van der Waals surface area (Å²) >= 11 is 0. The first-order valence-electron chi connectivity index (χ1n) is 5.65. The van der Waals surface area contributed by atoms with Crippen molar-refractivity contribution < 1.29 is 9.90 Å². The lowest BCUT2D eigenvalue weighted by Crippen LogP contribution is -2.48. The van der Waals surface area contributed by atoms with E-state index in [1.54, 1.807) is 18.2 Å². The van der Waals surface area contributed by atoms with Gasteiger partial charge in [0.2, 0.25) is 5.91 Å². The van der Waals surface area contributed by atoms with Crippen molar-refractivity contribution >= 4 is 17.3 Å². The van der Waals surface area contributed by atoms with E-state index in [1.807, 2.05) is 0 Å². The van der Waals surface area contributed by atoms with Gasteiger partial charge in [0, 0.05) is 5.56 Å². The Bertz CT molecular complexity index is 436. The minimum atomic E-state index is -0.486. The summed E-state index contributed by atoms with van der Waals surface area (Å²) in [6, 6.07) is 4.87. The molecule has 0 radical (unpaired) electrons. The second-order valence-electron chi connectivity index (χ2n) is 4.58. The Labute approximate surface area is 99.8 Å². The number of primary amides is 1.